The monoisotopic (exact) mass is 296 g/mol. The van der Waals surface area contributed by atoms with Crippen molar-refractivity contribution < 1.29 is 22.4 Å². The topological polar surface area (TPSA) is 17.1 Å². The Kier molecular flexibility index (Phi) is 4.11. The molecule has 0 radical (unpaired) electrons. The van der Waals surface area contributed by atoms with Crippen LogP contribution in [0, 0.1) is 5.82 Å². The first-order valence-electron chi connectivity index (χ1n) is 6.33. The van der Waals surface area contributed by atoms with E-state index in [2.05, 4.69) is 0 Å². The molecule has 0 saturated carbocycles. The number of carbonyl (C=O) groups is 1. The molecule has 21 heavy (non-hydrogen) atoms. The molecule has 0 bridgehead atoms. The highest BCUT2D eigenvalue weighted by atomic mass is 19.4. The van der Waals surface area contributed by atoms with Crippen LogP contribution in [-0.4, -0.2) is 5.78 Å². The fourth-order valence-electron chi connectivity index (χ4n) is 1.98. The highest BCUT2D eigenvalue weighted by molar-refractivity contribution is 5.96. The summed E-state index contributed by atoms with van der Waals surface area (Å²) in [6.45, 7) is 1.74. The van der Waals surface area contributed by atoms with Gasteiger partial charge < -0.3 is 0 Å². The van der Waals surface area contributed by atoms with E-state index < -0.39 is 17.6 Å². The van der Waals surface area contributed by atoms with Crippen LogP contribution in [0.3, 0.4) is 0 Å². The third-order valence-electron chi connectivity index (χ3n) is 3.14. The van der Waals surface area contributed by atoms with Crippen LogP contribution in [-0.2, 0) is 6.18 Å². The fourth-order valence-corrected chi connectivity index (χ4v) is 1.98. The van der Waals surface area contributed by atoms with E-state index in [1.165, 1.54) is 6.07 Å². The van der Waals surface area contributed by atoms with Gasteiger partial charge in [0, 0.05) is 12.0 Å². The summed E-state index contributed by atoms with van der Waals surface area (Å²) >= 11 is 0. The molecule has 0 amide bonds. The van der Waals surface area contributed by atoms with E-state index in [1.54, 1.807) is 31.2 Å². The van der Waals surface area contributed by atoms with Gasteiger partial charge in [-0.25, -0.2) is 4.39 Å². The molecular weight excluding hydrogens is 284 g/mol. The first-order valence-corrected chi connectivity index (χ1v) is 6.33. The molecule has 2 aromatic carbocycles. The average molecular weight is 296 g/mol. The van der Waals surface area contributed by atoms with Crippen molar-refractivity contribution in [1.29, 1.82) is 0 Å². The molecule has 0 aliphatic rings. The van der Waals surface area contributed by atoms with Crippen LogP contribution in [0.25, 0.3) is 11.1 Å². The number of ketones is 1. The number of benzene rings is 2. The highest BCUT2D eigenvalue weighted by Crippen LogP contribution is 2.33. The van der Waals surface area contributed by atoms with Gasteiger partial charge in [0.15, 0.2) is 5.78 Å². The first kappa shape index (κ1) is 15.2. The van der Waals surface area contributed by atoms with Crippen molar-refractivity contribution in [1.82, 2.24) is 0 Å². The predicted molar refractivity (Wildman–Crippen MR) is 71.5 cm³/mol. The Labute approximate surface area is 119 Å². The first-order chi connectivity index (χ1) is 9.82. The number of alkyl halides is 3. The quantitative estimate of drug-likeness (QED) is 0.568. The SMILES string of the molecule is CCC(=O)c1ccc(-c2ccc(C(F)(F)F)c(F)c2)cc1. The van der Waals surface area contributed by atoms with Crippen molar-refractivity contribution in [3.8, 4) is 11.1 Å². The van der Waals surface area contributed by atoms with Crippen LogP contribution < -0.4 is 0 Å². The lowest BCUT2D eigenvalue weighted by Crippen LogP contribution is -2.07. The summed E-state index contributed by atoms with van der Waals surface area (Å²) in [5, 5.41) is 0. The molecule has 0 aromatic heterocycles. The zero-order valence-electron chi connectivity index (χ0n) is 11.2. The molecule has 2 aromatic rings. The Morgan fingerprint density at radius 3 is 2.05 bits per heavy atom. The van der Waals surface area contributed by atoms with E-state index in [4.69, 9.17) is 0 Å². The van der Waals surface area contributed by atoms with Gasteiger partial charge in [-0.2, -0.15) is 13.2 Å². The van der Waals surface area contributed by atoms with E-state index >= 15 is 0 Å². The average Bonchev–Trinajstić information content (AvgIpc) is 2.45. The molecule has 5 heteroatoms. The molecule has 0 heterocycles. The van der Waals surface area contributed by atoms with Crippen molar-refractivity contribution in [2.45, 2.75) is 19.5 Å². The van der Waals surface area contributed by atoms with Crippen LogP contribution in [0.2, 0.25) is 0 Å². The van der Waals surface area contributed by atoms with Crippen LogP contribution in [0.4, 0.5) is 17.6 Å². The van der Waals surface area contributed by atoms with Crippen molar-refractivity contribution in [3.63, 3.8) is 0 Å². The Morgan fingerprint density at radius 2 is 1.57 bits per heavy atom. The second kappa shape index (κ2) is 5.68. The van der Waals surface area contributed by atoms with E-state index in [9.17, 15) is 22.4 Å². The molecule has 110 valence electrons. The number of rotatable bonds is 3. The molecule has 0 fully saturated rings. The van der Waals surface area contributed by atoms with Gasteiger partial charge in [-0.05, 0) is 23.3 Å². The molecule has 0 saturated heterocycles. The Morgan fingerprint density at radius 1 is 1.00 bits per heavy atom. The van der Waals surface area contributed by atoms with E-state index in [-0.39, 0.29) is 5.78 Å². The summed E-state index contributed by atoms with van der Waals surface area (Å²) in [5.74, 6) is -1.34. The van der Waals surface area contributed by atoms with Gasteiger partial charge in [0.25, 0.3) is 0 Å². The van der Waals surface area contributed by atoms with E-state index in [0.717, 1.165) is 12.1 Å². The lowest BCUT2D eigenvalue weighted by Gasteiger charge is -2.10. The summed E-state index contributed by atoms with van der Waals surface area (Å²) in [4.78, 5) is 11.5. The number of hydrogen-bond acceptors (Lipinski definition) is 1. The van der Waals surface area contributed by atoms with E-state index in [1.807, 2.05) is 0 Å². The minimum atomic E-state index is -4.71. The predicted octanol–water partition coefficient (Wildman–Crippen LogP) is 5.10. The molecule has 0 aliphatic carbocycles. The molecule has 0 N–H and O–H groups in total. The Balaban J connectivity index is 2.35. The summed E-state index contributed by atoms with van der Waals surface area (Å²) in [5.41, 5.74) is 0.115. The summed E-state index contributed by atoms with van der Waals surface area (Å²) in [6, 6.07) is 9.11. The molecule has 1 nitrogen and oxygen atoms in total. The second-order valence-electron chi connectivity index (χ2n) is 4.55. The van der Waals surface area contributed by atoms with Crippen LogP contribution in [0.1, 0.15) is 29.3 Å². The lowest BCUT2D eigenvalue weighted by atomic mass is 10.0. The summed E-state index contributed by atoms with van der Waals surface area (Å²) in [7, 11) is 0. The maximum atomic E-state index is 13.5. The fraction of sp³-hybridized carbons (Fsp3) is 0.188. The standard InChI is InChI=1S/C16H12F4O/c1-2-15(21)11-5-3-10(4-6-11)12-7-8-13(14(17)9-12)16(18,19)20/h3-9H,2H2,1H3. The Hall–Kier alpha value is -2.17. The summed E-state index contributed by atoms with van der Waals surface area (Å²) < 4.78 is 51.0. The minimum Gasteiger partial charge on any atom is -0.294 e. The zero-order valence-corrected chi connectivity index (χ0v) is 11.2. The molecule has 2 rings (SSSR count). The molecule has 0 spiro atoms. The number of halogens is 4. The van der Waals surface area contributed by atoms with Crippen LogP contribution in [0.15, 0.2) is 42.5 Å². The van der Waals surface area contributed by atoms with Crippen molar-refractivity contribution in [3.05, 3.63) is 59.4 Å². The Bertz CT molecular complexity index is 657. The van der Waals surface area contributed by atoms with Gasteiger partial charge in [0.05, 0.1) is 5.56 Å². The van der Waals surface area contributed by atoms with Gasteiger partial charge in [-0.3, -0.25) is 4.79 Å². The smallest absolute Gasteiger partial charge is 0.294 e. The molecule has 0 unspecified atom stereocenters. The molecule has 0 aliphatic heterocycles. The minimum absolute atomic E-state index is 0.0276. The maximum absolute atomic E-state index is 13.5. The number of carbonyl (C=O) groups excluding carboxylic acids is 1. The lowest BCUT2D eigenvalue weighted by molar-refractivity contribution is -0.139. The third-order valence-corrected chi connectivity index (χ3v) is 3.14. The maximum Gasteiger partial charge on any atom is 0.419 e. The van der Waals surface area contributed by atoms with Gasteiger partial charge in [0.2, 0.25) is 0 Å². The van der Waals surface area contributed by atoms with Gasteiger partial charge in [0.1, 0.15) is 5.82 Å². The third kappa shape index (κ3) is 3.29. The highest BCUT2D eigenvalue weighted by Gasteiger charge is 2.33. The number of Topliss-reactive ketones (excluding diaryl/α,β-unsaturated/α-hetero) is 1. The molecular formula is C16H12F4O. The summed E-state index contributed by atoms with van der Waals surface area (Å²) in [6.07, 6.45) is -4.34. The largest absolute Gasteiger partial charge is 0.419 e. The van der Waals surface area contributed by atoms with Gasteiger partial charge >= 0.3 is 6.18 Å². The van der Waals surface area contributed by atoms with E-state index in [0.29, 0.717) is 23.1 Å². The molecule has 0 atom stereocenters. The van der Waals surface area contributed by atoms with Crippen LogP contribution in [0.5, 0.6) is 0 Å². The second-order valence-corrected chi connectivity index (χ2v) is 4.55. The van der Waals surface area contributed by atoms with Crippen LogP contribution >= 0.6 is 0 Å². The number of hydrogen-bond donors (Lipinski definition) is 0. The van der Waals surface area contributed by atoms with Crippen molar-refractivity contribution in [2.24, 2.45) is 0 Å². The van der Waals surface area contributed by atoms with Crippen molar-refractivity contribution >= 4 is 5.78 Å². The van der Waals surface area contributed by atoms with Gasteiger partial charge in [-0.15, -0.1) is 0 Å². The van der Waals surface area contributed by atoms with Gasteiger partial charge in [-0.1, -0.05) is 37.3 Å². The normalized spacial score (nSPS) is 11.5. The van der Waals surface area contributed by atoms with Crippen molar-refractivity contribution in [2.75, 3.05) is 0 Å². The zero-order chi connectivity index (χ0) is 15.6.